The molecule has 0 spiro atoms. The monoisotopic (exact) mass is 288 g/mol. The average Bonchev–Trinajstić information content (AvgIpc) is 2.46. The molecule has 1 heterocycles. The van der Waals surface area contributed by atoms with E-state index in [9.17, 15) is 0 Å². The van der Waals surface area contributed by atoms with Gasteiger partial charge in [0.1, 0.15) is 0 Å². The zero-order valence-electron chi connectivity index (χ0n) is 13.8. The molecule has 4 heteroatoms. The van der Waals surface area contributed by atoms with E-state index in [1.54, 1.807) is 0 Å². The van der Waals surface area contributed by atoms with Crippen LogP contribution in [0.4, 0.5) is 5.69 Å². The number of aryl methyl sites for hydroxylation is 1. The van der Waals surface area contributed by atoms with Crippen LogP contribution in [0.25, 0.3) is 0 Å². The summed E-state index contributed by atoms with van der Waals surface area (Å²) in [7, 11) is 4.13. The molecule has 0 aliphatic carbocycles. The first-order valence-electron chi connectivity index (χ1n) is 7.79. The first-order chi connectivity index (χ1) is 9.97. The third-order valence-corrected chi connectivity index (χ3v) is 4.24. The Hall–Kier alpha value is -1.71. The van der Waals surface area contributed by atoms with Crippen molar-refractivity contribution in [3.05, 3.63) is 29.3 Å². The maximum absolute atomic E-state index is 6.16. The Labute approximate surface area is 128 Å². The minimum atomic E-state index is 0.645. The Morgan fingerprint density at radius 2 is 2.00 bits per heavy atom. The smallest absolute Gasteiger partial charge is 0.191 e. The molecule has 2 rings (SSSR count). The second-order valence-electron chi connectivity index (χ2n) is 6.37. The topological polar surface area (TPSA) is 44.9 Å². The summed E-state index contributed by atoms with van der Waals surface area (Å²) < 4.78 is 0. The van der Waals surface area contributed by atoms with Crippen LogP contribution in [-0.4, -0.2) is 38.0 Å². The van der Waals surface area contributed by atoms with Crippen LogP contribution in [0.3, 0.4) is 0 Å². The molecule has 0 radical (unpaired) electrons. The van der Waals surface area contributed by atoms with Gasteiger partial charge in [-0.25, -0.2) is 4.99 Å². The number of rotatable bonds is 3. The summed E-state index contributed by atoms with van der Waals surface area (Å²) in [5, 5.41) is 0. The normalized spacial score (nSPS) is 17.1. The van der Waals surface area contributed by atoms with Crippen molar-refractivity contribution in [2.75, 3.05) is 32.1 Å². The van der Waals surface area contributed by atoms with Crippen LogP contribution in [0.15, 0.2) is 23.2 Å². The predicted molar refractivity (Wildman–Crippen MR) is 90.8 cm³/mol. The molecule has 0 amide bonds. The lowest BCUT2D eigenvalue weighted by Crippen LogP contribution is -2.42. The molecule has 1 fully saturated rings. The highest BCUT2D eigenvalue weighted by molar-refractivity contribution is 5.78. The van der Waals surface area contributed by atoms with Crippen molar-refractivity contribution < 1.29 is 0 Å². The molecule has 0 saturated carbocycles. The largest absolute Gasteiger partial charge is 0.377 e. The van der Waals surface area contributed by atoms with E-state index in [1.165, 1.54) is 29.7 Å². The van der Waals surface area contributed by atoms with E-state index >= 15 is 0 Å². The summed E-state index contributed by atoms with van der Waals surface area (Å²) in [5.41, 5.74) is 9.87. The molecule has 1 saturated heterocycles. The van der Waals surface area contributed by atoms with Crippen LogP contribution in [0.1, 0.15) is 30.9 Å². The van der Waals surface area contributed by atoms with Gasteiger partial charge in [0.2, 0.25) is 0 Å². The first kappa shape index (κ1) is 15.7. The first-order valence-corrected chi connectivity index (χ1v) is 7.79. The molecule has 4 nitrogen and oxygen atoms in total. The van der Waals surface area contributed by atoms with Crippen LogP contribution in [0.2, 0.25) is 0 Å². The van der Waals surface area contributed by atoms with Gasteiger partial charge in [-0.1, -0.05) is 19.1 Å². The standard InChI is InChI=1S/C17H28N4/c1-13-7-9-21(10-8-13)17(18)19-12-15-6-5-14(2)11-16(15)20(3)4/h5-6,11,13H,7-10,12H2,1-4H3,(H2,18,19). The minimum Gasteiger partial charge on any atom is -0.377 e. The van der Waals surface area contributed by atoms with Crippen LogP contribution < -0.4 is 10.6 Å². The highest BCUT2D eigenvalue weighted by Crippen LogP contribution is 2.21. The van der Waals surface area contributed by atoms with Crippen molar-refractivity contribution >= 4 is 11.6 Å². The van der Waals surface area contributed by atoms with E-state index in [4.69, 9.17) is 5.73 Å². The van der Waals surface area contributed by atoms with E-state index in [0.29, 0.717) is 12.5 Å². The second kappa shape index (κ2) is 6.83. The Morgan fingerprint density at radius 1 is 1.33 bits per heavy atom. The fourth-order valence-corrected chi connectivity index (χ4v) is 2.73. The van der Waals surface area contributed by atoms with Crippen molar-refractivity contribution in [2.45, 2.75) is 33.2 Å². The van der Waals surface area contributed by atoms with Gasteiger partial charge in [-0.05, 0) is 42.9 Å². The molecule has 2 N–H and O–H groups in total. The van der Waals surface area contributed by atoms with E-state index in [-0.39, 0.29) is 0 Å². The predicted octanol–water partition coefficient (Wildman–Crippen LogP) is 2.61. The number of aliphatic imine (C=N–C) groups is 1. The van der Waals surface area contributed by atoms with Crippen molar-refractivity contribution in [3.8, 4) is 0 Å². The van der Waals surface area contributed by atoms with Crippen molar-refractivity contribution in [3.63, 3.8) is 0 Å². The van der Waals surface area contributed by atoms with Crippen molar-refractivity contribution in [1.82, 2.24) is 4.90 Å². The highest BCUT2D eigenvalue weighted by atomic mass is 15.3. The third kappa shape index (κ3) is 4.13. The zero-order valence-corrected chi connectivity index (χ0v) is 13.8. The van der Waals surface area contributed by atoms with Crippen LogP contribution >= 0.6 is 0 Å². The number of anilines is 1. The van der Waals surface area contributed by atoms with E-state index in [2.05, 4.69) is 60.9 Å². The number of benzene rings is 1. The zero-order chi connectivity index (χ0) is 15.4. The fourth-order valence-electron chi connectivity index (χ4n) is 2.73. The molecule has 0 aromatic heterocycles. The van der Waals surface area contributed by atoms with Crippen LogP contribution in [0.5, 0.6) is 0 Å². The summed E-state index contributed by atoms with van der Waals surface area (Å²) in [6.45, 7) is 7.13. The molecule has 116 valence electrons. The van der Waals surface area contributed by atoms with Gasteiger partial charge in [0.15, 0.2) is 5.96 Å². The lowest BCUT2D eigenvalue weighted by atomic mass is 10.00. The van der Waals surface area contributed by atoms with Gasteiger partial charge in [0, 0.05) is 32.9 Å². The lowest BCUT2D eigenvalue weighted by Gasteiger charge is -2.31. The van der Waals surface area contributed by atoms with Gasteiger partial charge in [0.25, 0.3) is 0 Å². The molecule has 1 aromatic carbocycles. The highest BCUT2D eigenvalue weighted by Gasteiger charge is 2.17. The summed E-state index contributed by atoms with van der Waals surface area (Å²) in [6.07, 6.45) is 2.42. The lowest BCUT2D eigenvalue weighted by molar-refractivity contribution is 0.277. The Morgan fingerprint density at radius 3 is 2.62 bits per heavy atom. The van der Waals surface area contributed by atoms with Gasteiger partial charge in [0.05, 0.1) is 6.54 Å². The van der Waals surface area contributed by atoms with E-state index in [0.717, 1.165) is 19.0 Å². The summed E-state index contributed by atoms with van der Waals surface area (Å²) in [6, 6.07) is 6.49. The van der Waals surface area contributed by atoms with Crippen LogP contribution in [0, 0.1) is 12.8 Å². The number of piperidine rings is 1. The maximum Gasteiger partial charge on any atom is 0.191 e. The maximum atomic E-state index is 6.16. The van der Waals surface area contributed by atoms with E-state index in [1.807, 2.05) is 0 Å². The molecule has 0 unspecified atom stereocenters. The summed E-state index contributed by atoms with van der Waals surface area (Å²) in [4.78, 5) is 8.96. The SMILES string of the molecule is Cc1ccc(CN=C(N)N2CCC(C)CC2)c(N(C)C)c1. The molecule has 0 bridgehead atoms. The average molecular weight is 288 g/mol. The number of nitrogens with zero attached hydrogens (tertiary/aromatic N) is 3. The van der Waals surface area contributed by atoms with Gasteiger partial charge in [-0.15, -0.1) is 0 Å². The minimum absolute atomic E-state index is 0.645. The third-order valence-electron chi connectivity index (χ3n) is 4.24. The summed E-state index contributed by atoms with van der Waals surface area (Å²) >= 11 is 0. The molecule has 0 atom stereocenters. The molecular formula is C17H28N4. The van der Waals surface area contributed by atoms with Gasteiger partial charge < -0.3 is 15.5 Å². The summed E-state index contributed by atoms with van der Waals surface area (Å²) in [5.74, 6) is 1.50. The van der Waals surface area contributed by atoms with Crippen molar-refractivity contribution in [2.24, 2.45) is 16.6 Å². The fraction of sp³-hybridized carbons (Fsp3) is 0.588. The molecule has 21 heavy (non-hydrogen) atoms. The van der Waals surface area contributed by atoms with Gasteiger partial charge in [-0.2, -0.15) is 0 Å². The molecule has 1 aliphatic heterocycles. The van der Waals surface area contributed by atoms with Crippen LogP contribution in [-0.2, 0) is 6.54 Å². The Bertz CT molecular complexity index is 500. The molecule has 1 aliphatic rings. The number of likely N-dealkylation sites (tertiary alicyclic amines) is 1. The number of hydrogen-bond acceptors (Lipinski definition) is 2. The Kier molecular flexibility index (Phi) is 5.10. The van der Waals surface area contributed by atoms with Gasteiger partial charge in [-0.3, -0.25) is 0 Å². The Balaban J connectivity index is 2.06. The molecule has 1 aromatic rings. The quantitative estimate of drug-likeness (QED) is 0.687. The number of nitrogens with two attached hydrogens (primary N) is 1. The van der Waals surface area contributed by atoms with Gasteiger partial charge >= 0.3 is 0 Å². The van der Waals surface area contributed by atoms with Crippen molar-refractivity contribution in [1.29, 1.82) is 0 Å². The number of hydrogen-bond donors (Lipinski definition) is 1. The van der Waals surface area contributed by atoms with E-state index < -0.39 is 0 Å². The second-order valence-corrected chi connectivity index (χ2v) is 6.37. The molecular weight excluding hydrogens is 260 g/mol. The number of guanidine groups is 1.